The minimum Gasteiger partial charge on any atom is -0.489 e. The lowest BCUT2D eigenvalue weighted by Crippen LogP contribution is -2.39. The van der Waals surface area contributed by atoms with E-state index >= 15 is 0 Å². The molecule has 0 N–H and O–H groups in total. The number of aryl methyl sites for hydroxylation is 2. The van der Waals surface area contributed by atoms with Crippen LogP contribution in [-0.4, -0.2) is 29.1 Å². The third-order valence-electron chi connectivity index (χ3n) is 5.83. The van der Waals surface area contributed by atoms with Crippen LogP contribution in [0.25, 0.3) is 0 Å². The minimum absolute atomic E-state index is 0.0622. The lowest BCUT2D eigenvalue weighted by molar-refractivity contribution is 0.0677. The van der Waals surface area contributed by atoms with Gasteiger partial charge < -0.3 is 14.2 Å². The van der Waals surface area contributed by atoms with Gasteiger partial charge in [0.25, 0.3) is 5.91 Å². The molecule has 1 fully saturated rings. The van der Waals surface area contributed by atoms with Crippen molar-refractivity contribution in [3.63, 3.8) is 0 Å². The van der Waals surface area contributed by atoms with E-state index < -0.39 is 0 Å². The fraction of sp³-hybridized carbons (Fsp3) is 0.360. The highest BCUT2D eigenvalue weighted by atomic mass is 16.5. The van der Waals surface area contributed by atoms with Gasteiger partial charge in [-0.3, -0.25) is 4.79 Å². The van der Waals surface area contributed by atoms with E-state index in [1.807, 2.05) is 49.1 Å². The second-order valence-electron chi connectivity index (χ2n) is 8.10. The van der Waals surface area contributed by atoms with Crippen LogP contribution < -0.4 is 4.74 Å². The van der Waals surface area contributed by atoms with Gasteiger partial charge in [-0.2, -0.15) is 0 Å². The second-order valence-corrected chi connectivity index (χ2v) is 8.10. The minimum atomic E-state index is -0.0622. The summed E-state index contributed by atoms with van der Waals surface area (Å²) in [7, 11) is 0. The zero-order valence-corrected chi connectivity index (χ0v) is 17.6. The van der Waals surface area contributed by atoms with E-state index in [1.54, 1.807) is 0 Å². The van der Waals surface area contributed by atoms with E-state index in [4.69, 9.17) is 9.26 Å². The summed E-state index contributed by atoms with van der Waals surface area (Å²) in [6.07, 6.45) is 3.08. The zero-order valence-electron chi connectivity index (χ0n) is 17.6. The van der Waals surface area contributed by atoms with Gasteiger partial charge in [0, 0.05) is 13.1 Å². The number of benzene rings is 2. The molecule has 1 aromatic heterocycles. The molecule has 2 heterocycles. The first kappa shape index (κ1) is 20.2. The second kappa shape index (κ2) is 9.16. The quantitative estimate of drug-likeness (QED) is 0.582. The molecular weight excluding hydrogens is 376 g/mol. The fourth-order valence-corrected chi connectivity index (χ4v) is 4.03. The molecule has 0 spiro atoms. The average molecular weight is 405 g/mol. The molecule has 4 rings (SSSR count). The summed E-state index contributed by atoms with van der Waals surface area (Å²) < 4.78 is 11.2. The van der Waals surface area contributed by atoms with Crippen LogP contribution >= 0.6 is 0 Å². The first-order valence-electron chi connectivity index (χ1n) is 10.6. The molecule has 156 valence electrons. The Hall–Kier alpha value is -3.08. The summed E-state index contributed by atoms with van der Waals surface area (Å²) in [5.41, 5.74) is 3.60. The number of carbonyl (C=O) groups excluding carboxylic acids is 1. The number of hydrogen-bond donors (Lipinski definition) is 0. The van der Waals surface area contributed by atoms with Crippen LogP contribution in [0.15, 0.2) is 59.1 Å². The molecule has 1 saturated heterocycles. The molecule has 0 atom stereocenters. The van der Waals surface area contributed by atoms with Crippen LogP contribution in [0.3, 0.4) is 0 Å². The van der Waals surface area contributed by atoms with Crippen LogP contribution in [0, 0.1) is 19.8 Å². The molecule has 0 aliphatic carbocycles. The normalized spacial score (nSPS) is 14.7. The highest BCUT2D eigenvalue weighted by molar-refractivity contribution is 5.93. The van der Waals surface area contributed by atoms with Crippen LogP contribution in [0.2, 0.25) is 0 Å². The number of likely N-dealkylation sites (tertiary alicyclic amines) is 1. The van der Waals surface area contributed by atoms with Gasteiger partial charge in [0.05, 0.1) is 5.56 Å². The molecule has 1 aliphatic heterocycles. The monoisotopic (exact) mass is 404 g/mol. The Morgan fingerprint density at radius 3 is 2.60 bits per heavy atom. The lowest BCUT2D eigenvalue weighted by Gasteiger charge is -2.31. The van der Waals surface area contributed by atoms with Crippen molar-refractivity contribution in [2.75, 3.05) is 13.1 Å². The number of ether oxygens (including phenoxy) is 1. The first-order valence-corrected chi connectivity index (χ1v) is 10.6. The summed E-state index contributed by atoms with van der Waals surface area (Å²) in [4.78, 5) is 15.0. The SMILES string of the molecule is Cc1cccc(OCc2c(C(=O)N3CCC(Cc4ccccc4)CC3)noc2C)c1. The van der Waals surface area contributed by atoms with Crippen molar-refractivity contribution in [1.82, 2.24) is 10.1 Å². The van der Waals surface area contributed by atoms with Crippen molar-refractivity contribution < 1.29 is 14.1 Å². The molecule has 0 bridgehead atoms. The van der Waals surface area contributed by atoms with Crippen molar-refractivity contribution in [3.8, 4) is 5.75 Å². The summed E-state index contributed by atoms with van der Waals surface area (Å²) in [6, 6.07) is 18.4. The fourth-order valence-electron chi connectivity index (χ4n) is 4.03. The molecule has 0 saturated carbocycles. The summed E-state index contributed by atoms with van der Waals surface area (Å²) in [5, 5.41) is 4.06. The van der Waals surface area contributed by atoms with E-state index in [-0.39, 0.29) is 12.5 Å². The van der Waals surface area contributed by atoms with E-state index in [1.165, 1.54) is 5.56 Å². The molecule has 2 aromatic carbocycles. The maximum absolute atomic E-state index is 13.1. The predicted molar refractivity (Wildman–Crippen MR) is 116 cm³/mol. The van der Waals surface area contributed by atoms with E-state index in [9.17, 15) is 4.79 Å². The van der Waals surface area contributed by atoms with Crippen molar-refractivity contribution >= 4 is 5.91 Å². The Labute approximate surface area is 177 Å². The van der Waals surface area contributed by atoms with Crippen LogP contribution in [0.4, 0.5) is 0 Å². The Morgan fingerprint density at radius 2 is 1.87 bits per heavy atom. The molecule has 0 unspecified atom stereocenters. The summed E-state index contributed by atoms with van der Waals surface area (Å²) >= 11 is 0. The summed E-state index contributed by atoms with van der Waals surface area (Å²) in [5.74, 6) is 1.95. The maximum atomic E-state index is 13.1. The molecule has 1 amide bonds. The summed E-state index contributed by atoms with van der Waals surface area (Å²) in [6.45, 7) is 5.61. The van der Waals surface area contributed by atoms with Crippen molar-refractivity contribution in [2.45, 2.75) is 39.7 Å². The Bertz CT molecular complexity index is 989. The van der Waals surface area contributed by atoms with Gasteiger partial charge in [-0.1, -0.05) is 47.6 Å². The molecule has 0 radical (unpaired) electrons. The highest BCUT2D eigenvalue weighted by Crippen LogP contribution is 2.25. The van der Waals surface area contributed by atoms with Crippen molar-refractivity contribution in [1.29, 1.82) is 0 Å². The van der Waals surface area contributed by atoms with Gasteiger partial charge in [-0.25, -0.2) is 0 Å². The first-order chi connectivity index (χ1) is 14.6. The average Bonchev–Trinajstić information content (AvgIpc) is 3.13. The van der Waals surface area contributed by atoms with Crippen LogP contribution in [0.1, 0.15) is 45.8 Å². The highest BCUT2D eigenvalue weighted by Gasteiger charge is 2.28. The number of amides is 1. The number of hydrogen-bond acceptors (Lipinski definition) is 4. The van der Waals surface area contributed by atoms with E-state index in [0.717, 1.165) is 49.2 Å². The molecule has 5 heteroatoms. The van der Waals surface area contributed by atoms with Gasteiger partial charge in [0.15, 0.2) is 5.69 Å². The maximum Gasteiger partial charge on any atom is 0.276 e. The van der Waals surface area contributed by atoms with Gasteiger partial charge in [0.1, 0.15) is 18.1 Å². The molecule has 5 nitrogen and oxygen atoms in total. The Morgan fingerprint density at radius 1 is 1.10 bits per heavy atom. The van der Waals surface area contributed by atoms with E-state index in [0.29, 0.717) is 17.4 Å². The zero-order chi connectivity index (χ0) is 20.9. The van der Waals surface area contributed by atoms with Crippen LogP contribution in [-0.2, 0) is 13.0 Å². The smallest absolute Gasteiger partial charge is 0.276 e. The van der Waals surface area contributed by atoms with Gasteiger partial charge in [-0.05, 0) is 62.3 Å². The van der Waals surface area contributed by atoms with Crippen molar-refractivity contribution in [2.24, 2.45) is 5.92 Å². The molecular formula is C25H28N2O3. The number of aromatic nitrogens is 1. The number of nitrogens with zero attached hydrogens (tertiary/aromatic N) is 2. The molecule has 3 aromatic rings. The van der Waals surface area contributed by atoms with E-state index in [2.05, 4.69) is 29.4 Å². The largest absolute Gasteiger partial charge is 0.489 e. The number of rotatable bonds is 6. The van der Waals surface area contributed by atoms with Gasteiger partial charge >= 0.3 is 0 Å². The third kappa shape index (κ3) is 4.73. The van der Waals surface area contributed by atoms with Gasteiger partial charge in [-0.15, -0.1) is 0 Å². The Balaban J connectivity index is 1.37. The predicted octanol–water partition coefficient (Wildman–Crippen LogP) is 4.97. The van der Waals surface area contributed by atoms with Gasteiger partial charge in [0.2, 0.25) is 0 Å². The third-order valence-corrected chi connectivity index (χ3v) is 5.83. The molecule has 1 aliphatic rings. The van der Waals surface area contributed by atoms with Crippen LogP contribution in [0.5, 0.6) is 5.75 Å². The standard InChI is InChI=1S/C25H28N2O3/c1-18-7-6-10-22(15-18)29-17-23-19(2)30-26-24(23)25(28)27-13-11-21(12-14-27)16-20-8-4-3-5-9-20/h3-10,15,21H,11-14,16-17H2,1-2H3. The number of carbonyl (C=O) groups is 1. The van der Waals surface area contributed by atoms with Crippen molar-refractivity contribution in [3.05, 3.63) is 82.7 Å². The lowest BCUT2D eigenvalue weighted by atomic mass is 9.90. The number of piperidine rings is 1. The Kier molecular flexibility index (Phi) is 6.17. The topological polar surface area (TPSA) is 55.6 Å². The molecule has 30 heavy (non-hydrogen) atoms.